The van der Waals surface area contributed by atoms with Gasteiger partial charge in [0.1, 0.15) is 10.9 Å². The van der Waals surface area contributed by atoms with Crippen LogP contribution in [0.3, 0.4) is 0 Å². The molecule has 5 heteroatoms. The molecule has 0 N–H and O–H groups in total. The predicted octanol–water partition coefficient (Wildman–Crippen LogP) is 8.51. The molecule has 7 aromatic rings. The molecule has 3 aromatic heterocycles. The van der Waals surface area contributed by atoms with Gasteiger partial charge in [0, 0.05) is 15.8 Å². The smallest absolute Gasteiger partial charge is 0.181 e. The summed E-state index contributed by atoms with van der Waals surface area (Å²) in [6.07, 6.45) is 2.25. The number of aromatic nitrogens is 2. The van der Waals surface area contributed by atoms with Crippen molar-refractivity contribution in [3.63, 3.8) is 0 Å². The molecule has 2 nitrogen and oxygen atoms in total. The second-order valence-corrected chi connectivity index (χ2v) is 19.7. The van der Waals surface area contributed by atoms with Gasteiger partial charge in [-0.1, -0.05) is 163 Å². The number of benzene rings is 4. The normalized spacial score (nSPS) is 12.4. The number of rotatable bonds is 7. The van der Waals surface area contributed by atoms with E-state index in [0.717, 1.165) is 0 Å². The zero-order valence-electron chi connectivity index (χ0n) is 29.6. The highest BCUT2D eigenvalue weighted by molar-refractivity contribution is 7.98. The van der Waals surface area contributed by atoms with Crippen molar-refractivity contribution < 1.29 is 4.40 Å². The number of hydrogen-bond donors (Lipinski definition) is 0. The molecule has 0 spiro atoms. The third-order valence-corrected chi connectivity index (χ3v) is 14.7. The van der Waals surface area contributed by atoms with Crippen LogP contribution in [0.5, 0.6) is 0 Å². The van der Waals surface area contributed by atoms with E-state index in [2.05, 4.69) is 202 Å². The highest BCUT2D eigenvalue weighted by Crippen LogP contribution is 2.39. The Kier molecular flexibility index (Phi) is 9.31. The van der Waals surface area contributed by atoms with Crippen LogP contribution in [0.1, 0.15) is 52.7 Å². The highest BCUT2D eigenvalue weighted by Gasteiger charge is 2.36. The van der Waals surface area contributed by atoms with Gasteiger partial charge in [0.2, 0.25) is 0 Å². The zero-order chi connectivity index (χ0) is 34.3. The van der Waals surface area contributed by atoms with Crippen molar-refractivity contribution in [3.05, 3.63) is 157 Å². The first-order chi connectivity index (χ1) is 23.6. The molecule has 0 aliphatic rings. The summed E-state index contributed by atoms with van der Waals surface area (Å²) < 4.78 is 5.22. The van der Waals surface area contributed by atoms with Crippen LogP contribution in [0.25, 0.3) is 11.0 Å². The minimum absolute atomic E-state index is 0.0309. The van der Waals surface area contributed by atoms with Crippen LogP contribution in [0, 0.1) is 0 Å². The average molecular weight is 696 g/mol. The van der Waals surface area contributed by atoms with Crippen LogP contribution < -0.4 is 36.5 Å². The van der Waals surface area contributed by atoms with Gasteiger partial charge in [-0.2, -0.15) is 8.80 Å². The maximum atomic E-state index is 2.61. The highest BCUT2D eigenvalue weighted by atomic mass is 32.2. The van der Waals surface area contributed by atoms with Crippen molar-refractivity contribution >= 4 is 70.7 Å². The largest absolute Gasteiger partial charge is 0.329 e. The lowest BCUT2D eigenvalue weighted by atomic mass is 9.86. The summed E-state index contributed by atoms with van der Waals surface area (Å²) in [6.45, 7) is 14.1. The lowest BCUT2D eigenvalue weighted by molar-refractivity contribution is -0.536. The molecule has 0 saturated heterocycles. The summed E-state index contributed by atoms with van der Waals surface area (Å²) in [5, 5.41) is 6.68. The van der Waals surface area contributed by atoms with E-state index in [9.17, 15) is 0 Å². The van der Waals surface area contributed by atoms with Crippen molar-refractivity contribution in [1.82, 2.24) is 4.40 Å². The van der Waals surface area contributed by atoms with Crippen molar-refractivity contribution in [1.29, 1.82) is 0 Å². The molecule has 3 heterocycles. The fraction of sp³-hybridized carbons (Fsp3) is 0.205. The summed E-state index contributed by atoms with van der Waals surface area (Å²) in [5.74, 6) is 0. The Hall–Kier alpha value is -3.74. The van der Waals surface area contributed by atoms with Crippen LogP contribution in [-0.4, -0.2) is 10.7 Å². The maximum Gasteiger partial charge on any atom is 0.329 e. The van der Waals surface area contributed by atoms with Gasteiger partial charge in [-0.3, -0.25) is 0 Å². The predicted molar refractivity (Wildman–Crippen MR) is 217 cm³/mol. The van der Waals surface area contributed by atoms with Gasteiger partial charge >= 0.3 is 5.16 Å². The Morgan fingerprint density at radius 1 is 0.510 bits per heavy atom. The zero-order valence-corrected chi connectivity index (χ0v) is 32.2. The monoisotopic (exact) mass is 695 g/mol. The molecule has 49 heavy (non-hydrogen) atoms. The van der Waals surface area contributed by atoms with E-state index < -0.39 is 15.8 Å². The summed E-state index contributed by atoms with van der Waals surface area (Å²) in [7, 11) is -1.74. The number of hydrogen-bond acceptors (Lipinski definition) is 1. The summed E-state index contributed by atoms with van der Waals surface area (Å²) in [6, 6.07) is 54.6. The fourth-order valence-electron chi connectivity index (χ4n) is 6.55. The molecular formula is C44H45N2P2S+. The van der Waals surface area contributed by atoms with Crippen LogP contribution in [-0.2, 0) is 10.8 Å². The molecule has 0 unspecified atom stereocenters. The van der Waals surface area contributed by atoms with E-state index in [4.69, 9.17) is 0 Å². The first-order valence-corrected chi connectivity index (χ1v) is 20.9. The van der Waals surface area contributed by atoms with E-state index in [1.165, 1.54) is 59.4 Å². The first kappa shape index (κ1) is 33.7. The number of fused-ring (bicyclic) bond motifs is 3. The quantitative estimate of drug-likeness (QED) is 0.0923. The van der Waals surface area contributed by atoms with Gasteiger partial charge in [0.25, 0.3) is 0 Å². The first-order valence-electron chi connectivity index (χ1n) is 17.0. The van der Waals surface area contributed by atoms with Crippen molar-refractivity contribution in [3.8, 4) is 0 Å². The van der Waals surface area contributed by atoms with E-state index in [1.54, 1.807) is 0 Å². The van der Waals surface area contributed by atoms with E-state index in [-0.39, 0.29) is 10.8 Å². The minimum Gasteiger partial charge on any atom is -0.181 e. The van der Waals surface area contributed by atoms with Crippen LogP contribution in [0.4, 0.5) is 0 Å². The minimum atomic E-state index is -0.869. The molecule has 0 aliphatic heterocycles. The Bertz CT molecular complexity index is 1980. The SMILES string of the molecule is CSc1n2c(P(c3ccccc3)c3ccccc3)cc(C(C)(C)C)cc2c2cc(C(C)(C)C)cc(P(c3ccccc3)c3ccccc3)[n+]12. The second kappa shape index (κ2) is 13.5. The number of pyridine rings is 2. The van der Waals surface area contributed by atoms with Gasteiger partial charge in [-0.15, -0.1) is 0 Å². The van der Waals surface area contributed by atoms with Gasteiger partial charge in [-0.05, 0) is 85.5 Å². The molecular weight excluding hydrogens is 651 g/mol. The molecule has 0 atom stereocenters. The molecule has 246 valence electrons. The van der Waals surface area contributed by atoms with Crippen LogP contribution in [0.15, 0.2) is 151 Å². The lowest BCUT2D eigenvalue weighted by Gasteiger charge is -2.23. The van der Waals surface area contributed by atoms with Gasteiger partial charge in [0.15, 0.2) is 11.0 Å². The molecule has 0 radical (unpaired) electrons. The summed E-state index contributed by atoms with van der Waals surface area (Å²) >= 11 is 1.85. The van der Waals surface area contributed by atoms with Gasteiger partial charge < -0.3 is 0 Å². The summed E-state index contributed by atoms with van der Waals surface area (Å²) in [5.41, 5.74) is 7.92. The number of nitrogens with zero attached hydrogens (tertiary/aromatic N) is 2. The Morgan fingerprint density at radius 2 is 0.918 bits per heavy atom. The topological polar surface area (TPSA) is 8.51 Å². The average Bonchev–Trinajstić information content (AvgIpc) is 3.43. The molecule has 0 fully saturated rings. The third-order valence-electron chi connectivity index (χ3n) is 9.17. The molecule has 7 rings (SSSR count). The second-order valence-electron chi connectivity index (χ2n) is 14.6. The maximum absolute atomic E-state index is 2.61. The van der Waals surface area contributed by atoms with Gasteiger partial charge in [0.05, 0.1) is 0 Å². The van der Waals surface area contributed by atoms with E-state index >= 15 is 0 Å². The van der Waals surface area contributed by atoms with Crippen LogP contribution >= 0.6 is 27.6 Å². The van der Waals surface area contributed by atoms with E-state index in [0.29, 0.717) is 0 Å². The van der Waals surface area contributed by atoms with Crippen molar-refractivity contribution in [2.75, 3.05) is 6.26 Å². The Balaban J connectivity index is 1.69. The molecule has 0 bridgehead atoms. The van der Waals surface area contributed by atoms with Crippen LogP contribution in [0.2, 0.25) is 0 Å². The van der Waals surface area contributed by atoms with Crippen molar-refractivity contribution in [2.45, 2.75) is 57.5 Å². The van der Waals surface area contributed by atoms with E-state index in [1.807, 2.05) is 11.8 Å². The number of thioether (sulfide) groups is 1. The Morgan fingerprint density at radius 3 is 1.33 bits per heavy atom. The Labute approximate surface area is 298 Å². The summed E-state index contributed by atoms with van der Waals surface area (Å²) in [4.78, 5) is 0. The fourth-order valence-corrected chi connectivity index (χ4v) is 12.3. The molecule has 0 saturated carbocycles. The van der Waals surface area contributed by atoms with Crippen molar-refractivity contribution in [2.24, 2.45) is 0 Å². The van der Waals surface area contributed by atoms with Gasteiger partial charge in [-0.25, -0.2) is 0 Å². The number of imidazole rings is 1. The molecule has 4 aromatic carbocycles. The standard InChI is InChI=1S/C44H45N2P2S/c1-43(2,3)32-28-38-39-29-33(44(4,5)6)31-41(48(36-24-16-10-17-25-36)37-26-18-11-19-27-37)46(39)42(49-7)45(38)40(30-32)47(34-20-12-8-13-21-34)35-22-14-9-15-23-35/h8-31H,1-7H3/q+1. The molecule has 0 amide bonds. The third kappa shape index (κ3) is 6.50. The molecule has 0 aliphatic carbocycles. The lowest BCUT2D eigenvalue weighted by Crippen LogP contribution is -2.44.